The van der Waals surface area contributed by atoms with Gasteiger partial charge in [-0.3, -0.25) is 4.79 Å². The summed E-state index contributed by atoms with van der Waals surface area (Å²) in [5.74, 6) is -2.71. The molecule has 100 valence electrons. The molecule has 3 nitrogen and oxygen atoms in total. The van der Waals surface area contributed by atoms with Crippen LogP contribution in [0, 0.1) is 11.6 Å². The predicted molar refractivity (Wildman–Crippen MR) is 71.5 cm³/mol. The minimum absolute atomic E-state index is 0.0136. The van der Waals surface area contributed by atoms with Crippen LogP contribution in [0.15, 0.2) is 23.6 Å². The normalized spacial score (nSPS) is 10.5. The molecule has 1 aromatic carbocycles. The molecule has 0 aliphatic rings. The van der Waals surface area contributed by atoms with Gasteiger partial charge in [-0.05, 0) is 12.1 Å². The highest BCUT2D eigenvalue weighted by molar-refractivity contribution is 7.10. The molecule has 0 aliphatic heterocycles. The SMILES string of the molecule is NC(=O)c1cc(NCc2cc(Cl)cs2)c(F)cc1F. The van der Waals surface area contributed by atoms with Gasteiger partial charge in [0, 0.05) is 22.9 Å². The van der Waals surface area contributed by atoms with Gasteiger partial charge in [-0.1, -0.05) is 11.6 Å². The van der Waals surface area contributed by atoms with Crippen molar-refractivity contribution in [1.82, 2.24) is 0 Å². The van der Waals surface area contributed by atoms with Crippen molar-refractivity contribution in [2.75, 3.05) is 5.32 Å². The highest BCUT2D eigenvalue weighted by atomic mass is 35.5. The summed E-state index contributed by atoms with van der Waals surface area (Å²) >= 11 is 7.16. The average molecular weight is 303 g/mol. The van der Waals surface area contributed by atoms with E-state index in [1.807, 2.05) is 0 Å². The van der Waals surface area contributed by atoms with Crippen LogP contribution in [-0.4, -0.2) is 5.91 Å². The predicted octanol–water partition coefficient (Wildman–Crippen LogP) is 3.39. The van der Waals surface area contributed by atoms with Gasteiger partial charge in [0.1, 0.15) is 11.6 Å². The molecule has 3 N–H and O–H groups in total. The van der Waals surface area contributed by atoms with Crippen LogP contribution in [0.2, 0.25) is 5.02 Å². The lowest BCUT2D eigenvalue weighted by Gasteiger charge is -2.08. The molecule has 2 rings (SSSR count). The van der Waals surface area contributed by atoms with Crippen molar-refractivity contribution >= 4 is 34.5 Å². The Morgan fingerprint density at radius 2 is 2.05 bits per heavy atom. The first-order chi connectivity index (χ1) is 8.97. The number of rotatable bonds is 4. The molecule has 0 fully saturated rings. The van der Waals surface area contributed by atoms with E-state index < -0.39 is 17.5 Å². The summed E-state index contributed by atoms with van der Waals surface area (Å²) < 4.78 is 26.8. The van der Waals surface area contributed by atoms with E-state index in [1.54, 1.807) is 11.4 Å². The Balaban J connectivity index is 2.20. The van der Waals surface area contributed by atoms with Crippen LogP contribution in [0.25, 0.3) is 0 Å². The molecule has 0 atom stereocenters. The Hall–Kier alpha value is -1.66. The lowest BCUT2D eigenvalue weighted by molar-refractivity contribution is 0.0996. The van der Waals surface area contributed by atoms with Gasteiger partial charge in [-0.2, -0.15) is 0 Å². The number of carbonyl (C=O) groups is 1. The van der Waals surface area contributed by atoms with E-state index in [0.29, 0.717) is 17.6 Å². The minimum atomic E-state index is -0.977. The van der Waals surface area contributed by atoms with Gasteiger partial charge in [0.2, 0.25) is 0 Å². The molecule has 1 amide bonds. The number of nitrogens with two attached hydrogens (primary N) is 1. The summed E-state index contributed by atoms with van der Waals surface area (Å²) in [6.07, 6.45) is 0. The monoisotopic (exact) mass is 302 g/mol. The van der Waals surface area contributed by atoms with Crippen molar-refractivity contribution < 1.29 is 13.6 Å². The molecule has 1 heterocycles. The lowest BCUT2D eigenvalue weighted by atomic mass is 10.1. The van der Waals surface area contributed by atoms with Crippen molar-refractivity contribution in [2.45, 2.75) is 6.54 Å². The van der Waals surface area contributed by atoms with Crippen LogP contribution < -0.4 is 11.1 Å². The number of hydrogen-bond donors (Lipinski definition) is 2. The van der Waals surface area contributed by atoms with E-state index in [1.165, 1.54) is 11.3 Å². The second kappa shape index (κ2) is 5.54. The Morgan fingerprint density at radius 3 is 2.63 bits per heavy atom. The number of benzene rings is 1. The second-order valence-electron chi connectivity index (χ2n) is 3.76. The van der Waals surface area contributed by atoms with Crippen molar-refractivity contribution in [1.29, 1.82) is 0 Å². The van der Waals surface area contributed by atoms with Crippen LogP contribution in [0.3, 0.4) is 0 Å². The third kappa shape index (κ3) is 3.21. The summed E-state index contributed by atoms with van der Waals surface area (Å²) in [4.78, 5) is 11.9. The van der Waals surface area contributed by atoms with Gasteiger partial charge in [-0.15, -0.1) is 11.3 Å². The maximum atomic E-state index is 13.5. The van der Waals surface area contributed by atoms with Gasteiger partial charge in [0.15, 0.2) is 0 Å². The van der Waals surface area contributed by atoms with E-state index in [9.17, 15) is 13.6 Å². The van der Waals surface area contributed by atoms with E-state index in [2.05, 4.69) is 5.32 Å². The van der Waals surface area contributed by atoms with Crippen LogP contribution in [0.1, 0.15) is 15.2 Å². The maximum absolute atomic E-state index is 13.5. The molecule has 0 saturated carbocycles. The molecule has 19 heavy (non-hydrogen) atoms. The van der Waals surface area contributed by atoms with E-state index in [4.69, 9.17) is 17.3 Å². The molecule has 7 heteroatoms. The van der Waals surface area contributed by atoms with Crippen molar-refractivity contribution in [3.8, 4) is 0 Å². The quantitative estimate of drug-likeness (QED) is 0.909. The Bertz CT molecular complexity index is 630. The first-order valence-corrected chi connectivity index (χ1v) is 6.49. The Labute approximate surface area is 117 Å². The largest absolute Gasteiger partial charge is 0.378 e. The maximum Gasteiger partial charge on any atom is 0.251 e. The third-order valence-electron chi connectivity index (χ3n) is 2.40. The zero-order valence-electron chi connectivity index (χ0n) is 9.54. The van der Waals surface area contributed by atoms with Gasteiger partial charge in [0.05, 0.1) is 16.3 Å². The van der Waals surface area contributed by atoms with Gasteiger partial charge in [-0.25, -0.2) is 8.78 Å². The number of carbonyl (C=O) groups excluding carboxylic acids is 1. The summed E-state index contributed by atoms with van der Waals surface area (Å²) in [5, 5.41) is 5.11. The molecular weight excluding hydrogens is 294 g/mol. The number of primary amides is 1. The van der Waals surface area contributed by atoms with Gasteiger partial charge < -0.3 is 11.1 Å². The topological polar surface area (TPSA) is 55.1 Å². The minimum Gasteiger partial charge on any atom is -0.378 e. The number of anilines is 1. The fourth-order valence-corrected chi connectivity index (χ4v) is 2.51. The van der Waals surface area contributed by atoms with E-state index >= 15 is 0 Å². The molecule has 0 radical (unpaired) electrons. The van der Waals surface area contributed by atoms with Crippen LogP contribution in [0.4, 0.5) is 14.5 Å². The lowest BCUT2D eigenvalue weighted by Crippen LogP contribution is -2.14. The number of amides is 1. The number of hydrogen-bond acceptors (Lipinski definition) is 3. The Morgan fingerprint density at radius 1 is 1.32 bits per heavy atom. The standard InChI is InChI=1S/C12H9ClF2N2OS/c13-6-1-7(19-5-6)4-17-11-2-8(12(16)18)9(14)3-10(11)15/h1-3,5,17H,4H2,(H2,16,18). The van der Waals surface area contributed by atoms with Gasteiger partial charge in [0.25, 0.3) is 5.91 Å². The van der Waals surface area contributed by atoms with E-state index in [-0.39, 0.29) is 11.3 Å². The highest BCUT2D eigenvalue weighted by Gasteiger charge is 2.13. The molecule has 0 saturated heterocycles. The summed E-state index contributed by atoms with van der Waals surface area (Å²) in [5.41, 5.74) is 4.66. The third-order valence-corrected chi connectivity index (χ3v) is 3.68. The molecule has 0 unspecified atom stereocenters. The van der Waals surface area contributed by atoms with Crippen LogP contribution >= 0.6 is 22.9 Å². The van der Waals surface area contributed by atoms with Crippen LogP contribution in [-0.2, 0) is 6.54 Å². The van der Waals surface area contributed by atoms with Crippen molar-refractivity contribution in [2.24, 2.45) is 5.73 Å². The fraction of sp³-hybridized carbons (Fsp3) is 0.0833. The van der Waals surface area contributed by atoms with E-state index in [0.717, 1.165) is 10.9 Å². The highest BCUT2D eigenvalue weighted by Crippen LogP contribution is 2.23. The second-order valence-corrected chi connectivity index (χ2v) is 5.19. The first kappa shape index (κ1) is 13.8. The summed E-state index contributed by atoms with van der Waals surface area (Å²) in [6, 6.07) is 3.42. The summed E-state index contributed by atoms with van der Waals surface area (Å²) in [6.45, 7) is 0.318. The van der Waals surface area contributed by atoms with Gasteiger partial charge >= 0.3 is 0 Å². The van der Waals surface area contributed by atoms with Crippen LogP contribution in [0.5, 0.6) is 0 Å². The zero-order valence-corrected chi connectivity index (χ0v) is 11.1. The average Bonchev–Trinajstić information content (AvgIpc) is 2.73. The molecular formula is C12H9ClF2N2OS. The number of halogens is 3. The smallest absolute Gasteiger partial charge is 0.251 e. The van der Waals surface area contributed by atoms with Crippen molar-refractivity contribution in [3.63, 3.8) is 0 Å². The molecule has 0 bridgehead atoms. The Kier molecular flexibility index (Phi) is 4.01. The molecule has 1 aromatic heterocycles. The summed E-state index contributed by atoms with van der Waals surface area (Å²) in [7, 11) is 0. The first-order valence-electron chi connectivity index (χ1n) is 5.23. The number of nitrogens with one attached hydrogen (secondary N) is 1. The van der Waals surface area contributed by atoms with Crippen molar-refractivity contribution in [3.05, 3.63) is 50.7 Å². The zero-order chi connectivity index (χ0) is 14.0. The number of thiophene rings is 1. The fourth-order valence-electron chi connectivity index (χ4n) is 1.50. The molecule has 2 aromatic rings. The molecule has 0 spiro atoms. The molecule has 0 aliphatic carbocycles.